The van der Waals surface area contributed by atoms with Gasteiger partial charge in [-0.15, -0.1) is 0 Å². The van der Waals surface area contributed by atoms with E-state index in [4.69, 9.17) is 23.2 Å². The average Bonchev–Trinajstić information content (AvgIpc) is 2.33. The summed E-state index contributed by atoms with van der Waals surface area (Å²) in [5.74, 6) is -0.128. The van der Waals surface area contributed by atoms with E-state index in [2.05, 4.69) is 17.6 Å². The van der Waals surface area contributed by atoms with E-state index in [1.807, 2.05) is 13.8 Å². The van der Waals surface area contributed by atoms with E-state index in [9.17, 15) is 4.79 Å². The van der Waals surface area contributed by atoms with Crippen molar-refractivity contribution in [2.45, 2.75) is 33.2 Å². The van der Waals surface area contributed by atoms with E-state index in [0.29, 0.717) is 21.8 Å². The van der Waals surface area contributed by atoms with E-state index in [0.717, 1.165) is 12.0 Å². The smallest absolute Gasteiger partial charge is 0.238 e. The van der Waals surface area contributed by atoms with E-state index in [1.54, 1.807) is 12.1 Å². The van der Waals surface area contributed by atoms with E-state index >= 15 is 0 Å². The Bertz CT molecular complexity index is 435. The van der Waals surface area contributed by atoms with Crippen LogP contribution in [0.3, 0.4) is 0 Å². The number of hydrogen-bond donors (Lipinski definition) is 2. The molecule has 1 unspecified atom stereocenters. The number of nitrogens with one attached hydrogen (secondary N) is 2. The predicted octanol–water partition coefficient (Wildman–Crippen LogP) is 3.63. The number of carbonyl (C=O) groups is 1. The molecular formula is C13H18Cl2N2O. The Morgan fingerprint density at radius 1 is 1.33 bits per heavy atom. The summed E-state index contributed by atoms with van der Waals surface area (Å²) in [7, 11) is 0. The zero-order chi connectivity index (χ0) is 13.7. The maximum Gasteiger partial charge on any atom is 0.238 e. The second kappa shape index (κ2) is 6.98. The summed E-state index contributed by atoms with van der Waals surface area (Å²) in [4.78, 5) is 11.7. The molecule has 0 saturated heterocycles. The van der Waals surface area contributed by atoms with Gasteiger partial charge in [-0.05, 0) is 38.0 Å². The Morgan fingerprint density at radius 3 is 2.61 bits per heavy atom. The molecule has 0 bridgehead atoms. The number of anilines is 1. The minimum absolute atomic E-state index is 0.128. The van der Waals surface area contributed by atoms with Crippen molar-refractivity contribution in [2.24, 2.45) is 0 Å². The van der Waals surface area contributed by atoms with Gasteiger partial charge in [0.15, 0.2) is 0 Å². The minimum Gasteiger partial charge on any atom is -0.324 e. The van der Waals surface area contributed by atoms with Crippen LogP contribution in [-0.2, 0) is 4.79 Å². The first-order valence-electron chi connectivity index (χ1n) is 5.93. The minimum atomic E-state index is -0.128. The van der Waals surface area contributed by atoms with Gasteiger partial charge in [0.25, 0.3) is 0 Å². The van der Waals surface area contributed by atoms with Crippen LogP contribution in [0, 0.1) is 6.92 Å². The first-order chi connectivity index (χ1) is 8.43. The van der Waals surface area contributed by atoms with Crippen LogP contribution in [0.4, 0.5) is 5.69 Å². The zero-order valence-corrected chi connectivity index (χ0v) is 12.3. The third kappa shape index (κ3) is 4.48. The summed E-state index contributed by atoms with van der Waals surface area (Å²) in [5.41, 5.74) is 1.43. The quantitative estimate of drug-likeness (QED) is 0.869. The summed E-state index contributed by atoms with van der Waals surface area (Å²) < 4.78 is 0. The molecule has 2 N–H and O–H groups in total. The SMILES string of the molecule is CCC(C)NCC(=O)Nc1cc(Cl)c(C)cc1Cl. The topological polar surface area (TPSA) is 41.1 Å². The maximum absolute atomic E-state index is 11.7. The molecule has 0 heterocycles. The van der Waals surface area contributed by atoms with Gasteiger partial charge in [0.2, 0.25) is 5.91 Å². The molecule has 1 aromatic rings. The molecule has 0 aromatic heterocycles. The fraction of sp³-hybridized carbons (Fsp3) is 0.462. The van der Waals surface area contributed by atoms with Crippen LogP contribution in [0.2, 0.25) is 10.0 Å². The third-order valence-corrected chi connectivity index (χ3v) is 3.47. The number of aryl methyl sites for hydroxylation is 1. The van der Waals surface area contributed by atoms with Gasteiger partial charge in [0, 0.05) is 11.1 Å². The second-order valence-electron chi connectivity index (χ2n) is 4.32. The predicted molar refractivity (Wildman–Crippen MR) is 77.6 cm³/mol. The maximum atomic E-state index is 11.7. The van der Waals surface area contributed by atoms with Crippen LogP contribution < -0.4 is 10.6 Å². The lowest BCUT2D eigenvalue weighted by atomic mass is 10.2. The van der Waals surface area contributed by atoms with Gasteiger partial charge in [0.1, 0.15) is 0 Å². The van der Waals surface area contributed by atoms with Crippen molar-refractivity contribution >= 4 is 34.8 Å². The van der Waals surface area contributed by atoms with Gasteiger partial charge in [-0.25, -0.2) is 0 Å². The normalized spacial score (nSPS) is 12.3. The molecule has 0 fully saturated rings. The van der Waals surface area contributed by atoms with Gasteiger partial charge in [0.05, 0.1) is 17.3 Å². The molecule has 1 amide bonds. The lowest BCUT2D eigenvalue weighted by Crippen LogP contribution is -2.34. The molecule has 0 aliphatic carbocycles. The number of halogens is 2. The lowest BCUT2D eigenvalue weighted by Gasteiger charge is -2.12. The summed E-state index contributed by atoms with van der Waals surface area (Å²) in [5, 5.41) is 6.93. The summed E-state index contributed by atoms with van der Waals surface area (Å²) in [6, 6.07) is 3.72. The molecule has 1 atom stereocenters. The Kier molecular flexibility index (Phi) is 5.93. The third-order valence-electron chi connectivity index (χ3n) is 2.75. The van der Waals surface area contributed by atoms with Crippen molar-refractivity contribution in [3.05, 3.63) is 27.7 Å². The highest BCUT2D eigenvalue weighted by atomic mass is 35.5. The number of benzene rings is 1. The molecule has 18 heavy (non-hydrogen) atoms. The fourth-order valence-corrected chi connectivity index (χ4v) is 1.78. The van der Waals surface area contributed by atoms with E-state index in [-0.39, 0.29) is 12.5 Å². The molecular weight excluding hydrogens is 271 g/mol. The molecule has 0 aliphatic rings. The van der Waals surface area contributed by atoms with Crippen LogP contribution in [0.1, 0.15) is 25.8 Å². The van der Waals surface area contributed by atoms with Crippen LogP contribution in [0.5, 0.6) is 0 Å². The number of hydrogen-bond acceptors (Lipinski definition) is 2. The van der Waals surface area contributed by atoms with Gasteiger partial charge in [-0.1, -0.05) is 30.1 Å². The highest BCUT2D eigenvalue weighted by Crippen LogP contribution is 2.28. The number of amides is 1. The Labute approximate surface area is 118 Å². The first-order valence-corrected chi connectivity index (χ1v) is 6.68. The molecule has 0 saturated carbocycles. The van der Waals surface area contributed by atoms with Crippen LogP contribution in [-0.4, -0.2) is 18.5 Å². The molecule has 1 rings (SSSR count). The van der Waals surface area contributed by atoms with Crippen LogP contribution in [0.15, 0.2) is 12.1 Å². The van der Waals surface area contributed by atoms with Gasteiger partial charge >= 0.3 is 0 Å². The van der Waals surface area contributed by atoms with E-state index in [1.165, 1.54) is 0 Å². The van der Waals surface area contributed by atoms with Gasteiger partial charge < -0.3 is 10.6 Å². The molecule has 3 nitrogen and oxygen atoms in total. The molecule has 0 aliphatic heterocycles. The number of carbonyl (C=O) groups excluding carboxylic acids is 1. The largest absolute Gasteiger partial charge is 0.324 e. The fourth-order valence-electron chi connectivity index (χ4n) is 1.35. The van der Waals surface area contributed by atoms with E-state index < -0.39 is 0 Å². The Balaban J connectivity index is 2.62. The summed E-state index contributed by atoms with van der Waals surface area (Å²) >= 11 is 12.0. The molecule has 0 radical (unpaired) electrons. The Morgan fingerprint density at radius 2 is 2.00 bits per heavy atom. The second-order valence-corrected chi connectivity index (χ2v) is 5.13. The standard InChI is InChI=1S/C13H18Cl2N2O/c1-4-9(3)16-7-13(18)17-12-6-10(14)8(2)5-11(12)15/h5-6,9,16H,4,7H2,1-3H3,(H,17,18). The number of rotatable bonds is 5. The van der Waals surface area contributed by atoms with Crippen molar-refractivity contribution in [1.82, 2.24) is 5.32 Å². The molecule has 5 heteroatoms. The lowest BCUT2D eigenvalue weighted by molar-refractivity contribution is -0.115. The first kappa shape index (κ1) is 15.3. The van der Waals surface area contributed by atoms with Crippen LogP contribution in [0.25, 0.3) is 0 Å². The van der Waals surface area contributed by atoms with Gasteiger partial charge in [-0.3, -0.25) is 4.79 Å². The Hall–Kier alpha value is -0.770. The highest BCUT2D eigenvalue weighted by molar-refractivity contribution is 6.36. The molecule has 1 aromatic carbocycles. The zero-order valence-electron chi connectivity index (χ0n) is 10.8. The highest BCUT2D eigenvalue weighted by Gasteiger charge is 2.09. The average molecular weight is 289 g/mol. The molecule has 0 spiro atoms. The van der Waals surface area contributed by atoms with Crippen molar-refractivity contribution in [3.63, 3.8) is 0 Å². The summed E-state index contributed by atoms with van der Waals surface area (Å²) in [6.07, 6.45) is 0.977. The van der Waals surface area contributed by atoms with Crippen molar-refractivity contribution in [3.8, 4) is 0 Å². The van der Waals surface area contributed by atoms with Crippen molar-refractivity contribution in [1.29, 1.82) is 0 Å². The summed E-state index contributed by atoms with van der Waals surface area (Å²) in [6.45, 7) is 6.22. The van der Waals surface area contributed by atoms with Gasteiger partial charge in [-0.2, -0.15) is 0 Å². The monoisotopic (exact) mass is 288 g/mol. The van der Waals surface area contributed by atoms with Crippen LogP contribution >= 0.6 is 23.2 Å². The molecule has 100 valence electrons. The van der Waals surface area contributed by atoms with Crippen molar-refractivity contribution in [2.75, 3.05) is 11.9 Å². The van der Waals surface area contributed by atoms with Crippen molar-refractivity contribution < 1.29 is 4.79 Å².